The quantitative estimate of drug-likeness (QED) is 0.705. The van der Waals surface area contributed by atoms with E-state index in [1.54, 1.807) is 18.5 Å². The fourth-order valence-electron chi connectivity index (χ4n) is 1.71. The van der Waals surface area contributed by atoms with Gasteiger partial charge in [-0.25, -0.2) is 9.98 Å². The maximum absolute atomic E-state index is 9.63. The lowest BCUT2D eigenvalue weighted by molar-refractivity contribution is 0.455. The summed E-state index contributed by atoms with van der Waals surface area (Å²) in [5, 5.41) is 9.63. The summed E-state index contributed by atoms with van der Waals surface area (Å²) in [4.78, 5) is 13.9. The Morgan fingerprint density at radius 3 is 2.94 bits per heavy atom. The molecule has 0 unspecified atom stereocenters. The Morgan fingerprint density at radius 1 is 1.39 bits per heavy atom. The number of H-pyrrole nitrogens is 2. The Morgan fingerprint density at radius 2 is 2.22 bits per heavy atom. The zero-order chi connectivity index (χ0) is 12.7. The molecule has 1 aliphatic rings. The molecule has 0 spiro atoms. The predicted octanol–water partition coefficient (Wildman–Crippen LogP) is 3.19. The van der Waals surface area contributed by atoms with Gasteiger partial charge in [0.2, 0.25) is 5.88 Å². The largest absolute Gasteiger partial charge is 0.493 e. The fraction of sp³-hybridized carbons (Fsp3) is 0. The van der Waals surface area contributed by atoms with Crippen LogP contribution in [0.5, 0.6) is 5.88 Å². The van der Waals surface area contributed by atoms with Gasteiger partial charge in [0.1, 0.15) is 5.69 Å². The third-order valence-electron chi connectivity index (χ3n) is 2.51. The van der Waals surface area contributed by atoms with Crippen LogP contribution in [0.25, 0.3) is 11.6 Å². The number of aliphatic imine (C=N–C) groups is 1. The van der Waals surface area contributed by atoms with Crippen molar-refractivity contribution < 1.29 is 5.11 Å². The van der Waals surface area contributed by atoms with E-state index < -0.39 is 0 Å². The SMILES string of the molecule is Oc1[nH]c(=S)[nH]c1C=C1C=Nc2ncc(Br)cc21. The molecule has 0 bridgehead atoms. The average Bonchev–Trinajstić information content (AvgIpc) is 2.84. The second kappa shape index (κ2) is 4.18. The summed E-state index contributed by atoms with van der Waals surface area (Å²) in [7, 11) is 0. The van der Waals surface area contributed by atoms with Crippen LogP contribution in [0.15, 0.2) is 21.7 Å². The van der Waals surface area contributed by atoms with E-state index in [9.17, 15) is 5.11 Å². The molecule has 90 valence electrons. The first kappa shape index (κ1) is 11.4. The molecule has 1 aliphatic heterocycles. The molecule has 0 aliphatic carbocycles. The van der Waals surface area contributed by atoms with E-state index in [2.05, 4.69) is 35.9 Å². The van der Waals surface area contributed by atoms with Crippen molar-refractivity contribution in [2.24, 2.45) is 4.99 Å². The van der Waals surface area contributed by atoms with E-state index in [1.807, 2.05) is 6.07 Å². The summed E-state index contributed by atoms with van der Waals surface area (Å²) in [6, 6.07) is 1.93. The third-order valence-corrected chi connectivity index (χ3v) is 3.14. The van der Waals surface area contributed by atoms with E-state index >= 15 is 0 Å². The molecule has 0 amide bonds. The number of aromatic amines is 2. The van der Waals surface area contributed by atoms with Gasteiger partial charge >= 0.3 is 0 Å². The number of halogens is 1. The summed E-state index contributed by atoms with van der Waals surface area (Å²) in [6.45, 7) is 0. The van der Waals surface area contributed by atoms with Crippen molar-refractivity contribution in [2.75, 3.05) is 0 Å². The highest BCUT2D eigenvalue weighted by Crippen LogP contribution is 2.33. The van der Waals surface area contributed by atoms with Crippen LogP contribution in [0, 0.1) is 4.77 Å². The fourth-order valence-corrected chi connectivity index (χ4v) is 2.25. The number of aromatic hydroxyl groups is 1. The Kier molecular flexibility index (Phi) is 2.64. The molecule has 2 aromatic heterocycles. The van der Waals surface area contributed by atoms with Crippen LogP contribution in [0.2, 0.25) is 0 Å². The van der Waals surface area contributed by atoms with Crippen LogP contribution in [0.4, 0.5) is 5.82 Å². The van der Waals surface area contributed by atoms with Crippen molar-refractivity contribution in [1.29, 1.82) is 0 Å². The summed E-state index contributed by atoms with van der Waals surface area (Å²) < 4.78 is 1.26. The minimum absolute atomic E-state index is 0.0114. The highest BCUT2D eigenvalue weighted by molar-refractivity contribution is 9.10. The van der Waals surface area contributed by atoms with Crippen LogP contribution in [-0.4, -0.2) is 26.3 Å². The van der Waals surface area contributed by atoms with Crippen LogP contribution in [-0.2, 0) is 0 Å². The number of imidazole rings is 1. The number of nitrogens with zero attached hydrogens (tertiary/aromatic N) is 2. The number of pyridine rings is 1. The van der Waals surface area contributed by atoms with Gasteiger partial charge in [-0.1, -0.05) is 0 Å². The maximum Gasteiger partial charge on any atom is 0.215 e. The number of allylic oxidation sites excluding steroid dienone is 1. The molecule has 3 heterocycles. The van der Waals surface area contributed by atoms with Crippen molar-refractivity contribution in [3.63, 3.8) is 0 Å². The lowest BCUT2D eigenvalue weighted by atomic mass is 10.1. The predicted molar refractivity (Wildman–Crippen MR) is 75.6 cm³/mol. The van der Waals surface area contributed by atoms with Gasteiger partial charge in [0.05, 0.1) is 0 Å². The first-order valence-electron chi connectivity index (χ1n) is 5.06. The molecule has 0 saturated carbocycles. The molecule has 3 N–H and O–H groups in total. The standard InChI is InChI=1S/C11H7BrN4OS/c12-6-2-7-5(3-13-9(7)14-4-6)1-8-10(17)16-11(18)15-8/h1-4,17H,(H2,15,16,18). The summed E-state index contributed by atoms with van der Waals surface area (Å²) in [5.41, 5.74) is 2.29. The summed E-state index contributed by atoms with van der Waals surface area (Å²) in [6.07, 6.45) is 5.17. The Balaban J connectivity index is 2.11. The molecule has 0 saturated heterocycles. The number of aromatic nitrogens is 3. The molecule has 0 radical (unpaired) electrons. The molecule has 2 aromatic rings. The lowest BCUT2D eigenvalue weighted by Gasteiger charge is -1.99. The van der Waals surface area contributed by atoms with Gasteiger partial charge in [0.15, 0.2) is 10.6 Å². The lowest BCUT2D eigenvalue weighted by Crippen LogP contribution is -1.83. The molecule has 18 heavy (non-hydrogen) atoms. The number of nitrogens with one attached hydrogen (secondary N) is 2. The molecule has 0 aromatic carbocycles. The molecular formula is C11H7BrN4OS. The summed E-state index contributed by atoms with van der Waals surface area (Å²) >= 11 is 8.28. The number of hydrogen-bond donors (Lipinski definition) is 3. The minimum Gasteiger partial charge on any atom is -0.493 e. The van der Waals surface area contributed by atoms with Gasteiger partial charge in [-0.15, -0.1) is 0 Å². The van der Waals surface area contributed by atoms with Gasteiger partial charge in [0, 0.05) is 28.0 Å². The normalized spacial score (nSPS) is 15.3. The van der Waals surface area contributed by atoms with Gasteiger partial charge in [0.25, 0.3) is 0 Å². The maximum atomic E-state index is 9.63. The van der Waals surface area contributed by atoms with Gasteiger partial charge in [-0.3, -0.25) is 0 Å². The van der Waals surface area contributed by atoms with E-state index in [0.29, 0.717) is 16.3 Å². The molecule has 3 rings (SSSR count). The topological polar surface area (TPSA) is 77.1 Å². The second-order valence-electron chi connectivity index (χ2n) is 3.72. The smallest absolute Gasteiger partial charge is 0.215 e. The molecule has 7 heteroatoms. The highest BCUT2D eigenvalue weighted by Gasteiger charge is 2.14. The minimum atomic E-state index is 0.0114. The van der Waals surface area contributed by atoms with Crippen LogP contribution in [0.1, 0.15) is 11.3 Å². The van der Waals surface area contributed by atoms with Crippen molar-refractivity contribution in [1.82, 2.24) is 15.0 Å². The van der Waals surface area contributed by atoms with E-state index in [1.165, 1.54) is 0 Å². The van der Waals surface area contributed by atoms with Crippen molar-refractivity contribution in [3.8, 4) is 5.88 Å². The average molecular weight is 323 g/mol. The molecule has 5 nitrogen and oxygen atoms in total. The highest BCUT2D eigenvalue weighted by atomic mass is 79.9. The van der Waals surface area contributed by atoms with Crippen LogP contribution in [0.3, 0.4) is 0 Å². The van der Waals surface area contributed by atoms with Crippen molar-refractivity contribution in [2.45, 2.75) is 0 Å². The first-order chi connectivity index (χ1) is 8.63. The Hall–Kier alpha value is -1.73. The van der Waals surface area contributed by atoms with E-state index in [4.69, 9.17) is 12.2 Å². The van der Waals surface area contributed by atoms with E-state index in [-0.39, 0.29) is 5.88 Å². The van der Waals surface area contributed by atoms with Crippen molar-refractivity contribution in [3.05, 3.63) is 32.8 Å². The third kappa shape index (κ3) is 1.91. The molecular weight excluding hydrogens is 316 g/mol. The second-order valence-corrected chi connectivity index (χ2v) is 5.05. The van der Waals surface area contributed by atoms with Gasteiger partial charge in [-0.2, -0.15) is 0 Å². The number of rotatable bonds is 1. The van der Waals surface area contributed by atoms with Gasteiger partial charge in [-0.05, 0) is 40.3 Å². The zero-order valence-electron chi connectivity index (χ0n) is 8.94. The van der Waals surface area contributed by atoms with Gasteiger partial charge < -0.3 is 15.1 Å². The van der Waals surface area contributed by atoms with Crippen LogP contribution < -0.4 is 0 Å². The van der Waals surface area contributed by atoms with Crippen LogP contribution >= 0.6 is 28.1 Å². The van der Waals surface area contributed by atoms with E-state index in [0.717, 1.165) is 15.6 Å². The number of fused-ring (bicyclic) bond motifs is 1. The monoisotopic (exact) mass is 322 g/mol. The Labute approximate surface area is 115 Å². The molecule has 0 fully saturated rings. The first-order valence-corrected chi connectivity index (χ1v) is 6.26. The van der Waals surface area contributed by atoms with Crippen molar-refractivity contribution >= 4 is 51.8 Å². The number of hydrogen-bond acceptors (Lipinski definition) is 4. The summed E-state index contributed by atoms with van der Waals surface area (Å²) in [5.74, 6) is 0.676. The molecule has 0 atom stereocenters. The zero-order valence-corrected chi connectivity index (χ0v) is 11.3. The Bertz CT molecular complexity index is 744.